The topological polar surface area (TPSA) is 67.9 Å². The van der Waals surface area contributed by atoms with Gasteiger partial charge in [-0.15, -0.1) is 10.2 Å². The molecule has 0 saturated carbocycles. The van der Waals surface area contributed by atoms with Gasteiger partial charge in [-0.1, -0.05) is 30.0 Å². The van der Waals surface area contributed by atoms with Crippen molar-refractivity contribution in [2.45, 2.75) is 11.6 Å². The number of thioether (sulfide) groups is 1. The third-order valence-corrected chi connectivity index (χ3v) is 3.06. The zero-order valence-corrected chi connectivity index (χ0v) is 11.0. The Morgan fingerprint density at radius 3 is 2.78 bits per heavy atom. The molecule has 0 radical (unpaired) electrons. The molecule has 2 aromatic rings. The summed E-state index contributed by atoms with van der Waals surface area (Å²) in [6.07, 6.45) is 2.24. The van der Waals surface area contributed by atoms with Gasteiger partial charge in [0, 0.05) is 12.0 Å². The molecule has 5 nitrogen and oxygen atoms in total. The highest BCUT2D eigenvalue weighted by atomic mass is 32.2. The Labute approximate surface area is 109 Å². The molecule has 0 aliphatic carbocycles. The molecule has 1 aromatic carbocycles. The summed E-state index contributed by atoms with van der Waals surface area (Å²) < 4.78 is 5.24. The molecule has 1 N–H and O–H groups in total. The van der Waals surface area contributed by atoms with Crippen LogP contribution in [0.15, 0.2) is 34.2 Å². The monoisotopic (exact) mass is 263 g/mol. The fourth-order valence-electron chi connectivity index (χ4n) is 1.58. The summed E-state index contributed by atoms with van der Waals surface area (Å²) in [7, 11) is 1.60. The van der Waals surface area contributed by atoms with Crippen LogP contribution in [0.5, 0.6) is 5.75 Å². The number of hydrogen-bond acceptors (Lipinski definition) is 5. The molecule has 94 valence electrons. The minimum atomic E-state index is -0.208. The first-order chi connectivity index (χ1) is 8.74. The van der Waals surface area contributed by atoms with E-state index in [-0.39, 0.29) is 5.56 Å². The second-order valence-electron chi connectivity index (χ2n) is 3.60. The van der Waals surface area contributed by atoms with Crippen molar-refractivity contribution in [2.75, 3.05) is 13.4 Å². The van der Waals surface area contributed by atoms with Gasteiger partial charge in [0.2, 0.25) is 0 Å². The lowest BCUT2D eigenvalue weighted by atomic mass is 10.1. The molecule has 1 aromatic heterocycles. The fraction of sp³-hybridized carbons (Fsp3) is 0.250. The average molecular weight is 263 g/mol. The number of hydrogen-bond donors (Lipinski definition) is 1. The van der Waals surface area contributed by atoms with E-state index in [1.165, 1.54) is 11.8 Å². The summed E-state index contributed by atoms with van der Waals surface area (Å²) in [5.41, 5.74) is 1.09. The van der Waals surface area contributed by atoms with E-state index in [4.69, 9.17) is 4.74 Å². The number of benzene rings is 1. The minimum absolute atomic E-state index is 0.208. The Morgan fingerprint density at radius 2 is 2.11 bits per heavy atom. The van der Waals surface area contributed by atoms with Crippen molar-refractivity contribution in [3.63, 3.8) is 0 Å². The maximum Gasteiger partial charge on any atom is 0.273 e. The molecule has 0 aliphatic rings. The van der Waals surface area contributed by atoms with Gasteiger partial charge in [-0.2, -0.15) is 0 Å². The van der Waals surface area contributed by atoms with Crippen molar-refractivity contribution in [1.82, 2.24) is 15.2 Å². The molecule has 0 aliphatic heterocycles. The zero-order chi connectivity index (χ0) is 13.0. The molecule has 0 bridgehead atoms. The van der Waals surface area contributed by atoms with Crippen LogP contribution in [0.2, 0.25) is 0 Å². The van der Waals surface area contributed by atoms with E-state index in [9.17, 15) is 4.79 Å². The van der Waals surface area contributed by atoms with Gasteiger partial charge in [0.25, 0.3) is 5.56 Å². The summed E-state index contributed by atoms with van der Waals surface area (Å²) in [6.45, 7) is 0. The SMILES string of the molecule is COc1ccccc1Cc1nnc(SC)[nH]c1=O. The van der Waals surface area contributed by atoms with Crippen LogP contribution in [-0.4, -0.2) is 28.5 Å². The largest absolute Gasteiger partial charge is 0.496 e. The van der Waals surface area contributed by atoms with Gasteiger partial charge < -0.3 is 4.74 Å². The third-order valence-electron chi connectivity index (χ3n) is 2.49. The lowest BCUT2D eigenvalue weighted by Gasteiger charge is -2.06. The fourth-order valence-corrected chi connectivity index (χ4v) is 1.90. The van der Waals surface area contributed by atoms with Crippen LogP contribution in [-0.2, 0) is 6.42 Å². The number of methoxy groups -OCH3 is 1. The number of aromatic amines is 1. The highest BCUT2D eigenvalue weighted by Crippen LogP contribution is 2.19. The molecule has 0 amide bonds. The van der Waals surface area contributed by atoms with E-state index in [0.717, 1.165) is 11.3 Å². The van der Waals surface area contributed by atoms with Crippen LogP contribution < -0.4 is 10.3 Å². The predicted octanol–water partition coefficient (Wildman–Crippen LogP) is 1.49. The number of aromatic nitrogens is 3. The first-order valence-corrected chi connectivity index (χ1v) is 6.59. The smallest absolute Gasteiger partial charge is 0.273 e. The second-order valence-corrected chi connectivity index (χ2v) is 4.39. The number of nitrogens with zero attached hydrogens (tertiary/aromatic N) is 2. The van der Waals surface area contributed by atoms with Gasteiger partial charge in [-0.05, 0) is 12.3 Å². The van der Waals surface area contributed by atoms with Gasteiger partial charge in [0.15, 0.2) is 5.16 Å². The molecule has 0 saturated heterocycles. The number of rotatable bonds is 4. The zero-order valence-electron chi connectivity index (χ0n) is 10.1. The number of ether oxygens (including phenoxy) is 1. The summed E-state index contributed by atoms with van der Waals surface area (Å²) in [5, 5.41) is 8.39. The second kappa shape index (κ2) is 5.68. The Hall–Kier alpha value is -1.82. The van der Waals surface area contributed by atoms with Crippen molar-refractivity contribution in [3.05, 3.63) is 45.9 Å². The van der Waals surface area contributed by atoms with E-state index in [0.29, 0.717) is 17.3 Å². The summed E-state index contributed by atoms with van der Waals surface area (Å²) >= 11 is 1.35. The van der Waals surface area contributed by atoms with Crippen LogP contribution in [0.4, 0.5) is 0 Å². The van der Waals surface area contributed by atoms with Crippen LogP contribution in [0.25, 0.3) is 0 Å². The molecule has 2 rings (SSSR count). The molecule has 18 heavy (non-hydrogen) atoms. The normalized spacial score (nSPS) is 10.3. The molecule has 0 atom stereocenters. The lowest BCUT2D eigenvalue weighted by molar-refractivity contribution is 0.410. The van der Waals surface area contributed by atoms with Gasteiger partial charge in [0.05, 0.1) is 7.11 Å². The van der Waals surface area contributed by atoms with Crippen LogP contribution >= 0.6 is 11.8 Å². The summed E-state index contributed by atoms with van der Waals surface area (Å²) in [6, 6.07) is 7.54. The van der Waals surface area contributed by atoms with Crippen LogP contribution in [0, 0.1) is 0 Å². The first kappa shape index (κ1) is 12.6. The maximum atomic E-state index is 11.8. The van der Waals surface area contributed by atoms with Crippen molar-refractivity contribution >= 4 is 11.8 Å². The molecule has 0 spiro atoms. The third kappa shape index (κ3) is 2.70. The van der Waals surface area contributed by atoms with E-state index >= 15 is 0 Å². The average Bonchev–Trinajstić information content (AvgIpc) is 2.41. The van der Waals surface area contributed by atoms with Gasteiger partial charge in [-0.3, -0.25) is 9.78 Å². The van der Waals surface area contributed by atoms with Crippen molar-refractivity contribution in [1.29, 1.82) is 0 Å². The molecular weight excluding hydrogens is 250 g/mol. The van der Waals surface area contributed by atoms with E-state index in [1.807, 2.05) is 30.5 Å². The van der Waals surface area contributed by atoms with Crippen molar-refractivity contribution in [3.8, 4) is 5.75 Å². The van der Waals surface area contributed by atoms with Gasteiger partial charge in [0.1, 0.15) is 11.4 Å². The van der Waals surface area contributed by atoms with E-state index in [2.05, 4.69) is 15.2 Å². The summed E-state index contributed by atoms with van der Waals surface area (Å²) in [4.78, 5) is 14.5. The highest BCUT2D eigenvalue weighted by Gasteiger charge is 2.08. The van der Waals surface area contributed by atoms with E-state index in [1.54, 1.807) is 7.11 Å². The standard InChI is InChI=1S/C12H13N3O2S/c1-17-10-6-4-3-5-8(10)7-9-11(16)13-12(18-2)15-14-9/h3-6H,7H2,1-2H3,(H,13,15,16). The minimum Gasteiger partial charge on any atom is -0.496 e. The predicted molar refractivity (Wildman–Crippen MR) is 70.2 cm³/mol. The Morgan fingerprint density at radius 1 is 1.33 bits per heavy atom. The quantitative estimate of drug-likeness (QED) is 0.846. The lowest BCUT2D eigenvalue weighted by Crippen LogP contribution is -2.17. The molecule has 0 unspecified atom stereocenters. The molecule has 0 fully saturated rings. The maximum absolute atomic E-state index is 11.8. The first-order valence-electron chi connectivity index (χ1n) is 5.36. The summed E-state index contributed by atoms with van der Waals surface area (Å²) in [5.74, 6) is 0.743. The van der Waals surface area contributed by atoms with E-state index < -0.39 is 0 Å². The Kier molecular flexibility index (Phi) is 3.99. The molecule has 1 heterocycles. The molecule has 6 heteroatoms. The van der Waals surface area contributed by atoms with Gasteiger partial charge >= 0.3 is 0 Å². The van der Waals surface area contributed by atoms with Crippen molar-refractivity contribution in [2.24, 2.45) is 0 Å². The molecular formula is C12H13N3O2S. The van der Waals surface area contributed by atoms with Crippen molar-refractivity contribution < 1.29 is 4.74 Å². The van der Waals surface area contributed by atoms with Gasteiger partial charge in [-0.25, -0.2) is 0 Å². The number of nitrogens with one attached hydrogen (secondary N) is 1. The number of para-hydroxylation sites is 1. The number of H-pyrrole nitrogens is 1. The highest BCUT2D eigenvalue weighted by molar-refractivity contribution is 7.98. The van der Waals surface area contributed by atoms with Crippen LogP contribution in [0.3, 0.4) is 0 Å². The Bertz CT molecular complexity index is 598. The van der Waals surface area contributed by atoms with Crippen LogP contribution in [0.1, 0.15) is 11.3 Å². The Balaban J connectivity index is 2.31.